The van der Waals surface area contributed by atoms with Gasteiger partial charge in [0.25, 0.3) is 0 Å². The maximum Gasteiger partial charge on any atom is 0.228 e. The fraction of sp³-hybridized carbons (Fsp3) is 0.167. The molecule has 1 aliphatic heterocycles. The van der Waals surface area contributed by atoms with Gasteiger partial charge in [-0.15, -0.1) is 0 Å². The molecule has 1 aromatic heterocycles. The smallest absolute Gasteiger partial charge is 0.228 e. The highest BCUT2D eigenvalue weighted by atomic mass is 16.5. The molecule has 2 heterocycles. The molecule has 6 nitrogen and oxygen atoms in total. The average molecular weight is 399 g/mol. The van der Waals surface area contributed by atoms with Crippen LogP contribution >= 0.6 is 0 Å². The number of aliphatic hydroxyl groups excluding tert-OH is 1. The first-order valence-corrected chi connectivity index (χ1v) is 9.80. The van der Waals surface area contributed by atoms with Gasteiger partial charge in [-0.2, -0.15) is 0 Å². The van der Waals surface area contributed by atoms with E-state index < -0.39 is 0 Å². The third kappa shape index (κ3) is 2.76. The quantitative estimate of drug-likeness (QED) is 0.482. The Morgan fingerprint density at radius 3 is 2.70 bits per heavy atom. The molecule has 0 bridgehead atoms. The van der Waals surface area contributed by atoms with Gasteiger partial charge in [0.1, 0.15) is 23.3 Å². The van der Waals surface area contributed by atoms with Crippen molar-refractivity contribution in [2.24, 2.45) is 0 Å². The zero-order valence-electron chi connectivity index (χ0n) is 16.5. The summed E-state index contributed by atoms with van der Waals surface area (Å²) in [5.74, 6) is 1.58. The van der Waals surface area contributed by atoms with Crippen molar-refractivity contribution in [3.8, 4) is 17.4 Å². The number of rotatable bonds is 4. The highest BCUT2D eigenvalue weighted by Crippen LogP contribution is 2.49. The number of hydrogen-bond acceptors (Lipinski definition) is 5. The van der Waals surface area contributed by atoms with Gasteiger partial charge >= 0.3 is 0 Å². The fourth-order valence-electron chi connectivity index (χ4n) is 4.25. The summed E-state index contributed by atoms with van der Waals surface area (Å²) in [5, 5.41) is 20.5. The lowest BCUT2D eigenvalue weighted by atomic mass is 9.81. The number of ether oxygens (including phenoxy) is 2. The van der Waals surface area contributed by atoms with Gasteiger partial charge in [0.05, 0.1) is 25.2 Å². The van der Waals surface area contributed by atoms with Crippen LogP contribution in [0.15, 0.2) is 67.0 Å². The SMILES string of the molecule is COc1ccccc1C1c2c(ncn(CCO)c2=N)Oc2ccc3ccccc3c21. The second kappa shape index (κ2) is 7.31. The van der Waals surface area contributed by atoms with Crippen molar-refractivity contribution < 1.29 is 14.6 Å². The highest BCUT2D eigenvalue weighted by molar-refractivity contribution is 5.90. The van der Waals surface area contributed by atoms with E-state index in [1.54, 1.807) is 18.0 Å². The van der Waals surface area contributed by atoms with Crippen molar-refractivity contribution >= 4 is 10.8 Å². The number of aliphatic hydroxyl groups is 1. The van der Waals surface area contributed by atoms with Crippen LogP contribution in [0.1, 0.15) is 22.6 Å². The number of nitrogens with zero attached hydrogens (tertiary/aromatic N) is 2. The van der Waals surface area contributed by atoms with Crippen LogP contribution in [0, 0.1) is 5.41 Å². The minimum atomic E-state index is -0.294. The molecule has 0 amide bonds. The van der Waals surface area contributed by atoms with Crippen LogP contribution in [-0.4, -0.2) is 28.4 Å². The standard InChI is InChI=1S/C24H21N3O3/c1-29-18-9-5-4-8-17(18)21-20-16-7-3-2-6-15(16)10-11-19(20)30-24-22(21)23(25)27(12-13-28)14-26-24/h2-11,14,21,25,28H,12-13H2,1H3. The summed E-state index contributed by atoms with van der Waals surface area (Å²) in [4.78, 5) is 4.48. The molecule has 3 aromatic carbocycles. The Kier molecular flexibility index (Phi) is 4.48. The number of hydrogen-bond donors (Lipinski definition) is 2. The predicted octanol–water partition coefficient (Wildman–Crippen LogP) is 3.80. The maximum atomic E-state index is 9.43. The molecular weight excluding hydrogens is 378 g/mol. The number of para-hydroxylation sites is 1. The molecule has 2 N–H and O–H groups in total. The largest absolute Gasteiger partial charge is 0.496 e. The van der Waals surface area contributed by atoms with Gasteiger partial charge in [0.15, 0.2) is 0 Å². The minimum Gasteiger partial charge on any atom is -0.496 e. The highest BCUT2D eigenvalue weighted by Gasteiger charge is 2.34. The first kappa shape index (κ1) is 18.4. The molecule has 1 unspecified atom stereocenters. The zero-order chi connectivity index (χ0) is 20.7. The minimum absolute atomic E-state index is 0.0727. The molecule has 150 valence electrons. The summed E-state index contributed by atoms with van der Waals surface area (Å²) in [5.41, 5.74) is 2.86. The van der Waals surface area contributed by atoms with E-state index in [-0.39, 0.29) is 18.0 Å². The lowest BCUT2D eigenvalue weighted by Gasteiger charge is -2.30. The van der Waals surface area contributed by atoms with E-state index in [0.29, 0.717) is 18.0 Å². The van der Waals surface area contributed by atoms with E-state index in [1.807, 2.05) is 48.5 Å². The summed E-state index contributed by atoms with van der Waals surface area (Å²) in [6.07, 6.45) is 1.54. The van der Waals surface area contributed by atoms with E-state index >= 15 is 0 Å². The molecule has 0 aliphatic carbocycles. The van der Waals surface area contributed by atoms with Crippen LogP contribution in [-0.2, 0) is 6.54 Å². The Bertz CT molecular complexity index is 1310. The monoisotopic (exact) mass is 399 g/mol. The van der Waals surface area contributed by atoms with Gasteiger partial charge in [0.2, 0.25) is 5.88 Å². The van der Waals surface area contributed by atoms with Crippen LogP contribution in [0.5, 0.6) is 17.4 Å². The van der Waals surface area contributed by atoms with Gasteiger partial charge in [-0.05, 0) is 22.9 Å². The summed E-state index contributed by atoms with van der Waals surface area (Å²) in [6, 6.07) is 20.0. The molecule has 5 rings (SSSR count). The molecular formula is C24H21N3O3. The molecule has 0 spiro atoms. The first-order chi connectivity index (χ1) is 14.7. The molecule has 0 saturated carbocycles. The van der Waals surface area contributed by atoms with Crippen molar-refractivity contribution in [2.75, 3.05) is 13.7 Å². The zero-order valence-corrected chi connectivity index (χ0v) is 16.5. The van der Waals surface area contributed by atoms with E-state index in [9.17, 15) is 5.11 Å². The topological polar surface area (TPSA) is 80.4 Å². The van der Waals surface area contributed by atoms with Crippen molar-refractivity contribution in [2.45, 2.75) is 12.5 Å². The molecule has 0 saturated heterocycles. The van der Waals surface area contributed by atoms with E-state index in [1.165, 1.54) is 0 Å². The van der Waals surface area contributed by atoms with Crippen LogP contribution in [0.2, 0.25) is 0 Å². The number of methoxy groups -OCH3 is 1. The van der Waals surface area contributed by atoms with Crippen LogP contribution in [0.4, 0.5) is 0 Å². The Hall–Kier alpha value is -3.64. The lowest BCUT2D eigenvalue weighted by molar-refractivity contribution is 0.271. The second-order valence-corrected chi connectivity index (χ2v) is 7.20. The molecule has 0 fully saturated rings. The molecule has 0 radical (unpaired) electrons. The van der Waals surface area contributed by atoms with Crippen LogP contribution in [0.3, 0.4) is 0 Å². The van der Waals surface area contributed by atoms with Crippen molar-refractivity contribution in [3.63, 3.8) is 0 Å². The lowest BCUT2D eigenvalue weighted by Crippen LogP contribution is -2.30. The van der Waals surface area contributed by atoms with E-state index in [4.69, 9.17) is 14.9 Å². The van der Waals surface area contributed by atoms with E-state index in [0.717, 1.165) is 33.4 Å². The average Bonchev–Trinajstić information content (AvgIpc) is 2.79. The maximum absolute atomic E-state index is 9.43. The summed E-state index contributed by atoms with van der Waals surface area (Å²) in [7, 11) is 1.65. The Labute approximate surface area is 173 Å². The first-order valence-electron chi connectivity index (χ1n) is 9.80. The number of benzene rings is 3. The molecule has 1 aliphatic rings. The van der Waals surface area contributed by atoms with Crippen LogP contribution in [0.25, 0.3) is 10.8 Å². The molecule has 1 atom stereocenters. The Balaban J connectivity index is 1.89. The predicted molar refractivity (Wildman–Crippen MR) is 113 cm³/mol. The molecule has 4 aromatic rings. The van der Waals surface area contributed by atoms with Gasteiger partial charge in [-0.25, -0.2) is 4.98 Å². The molecule has 30 heavy (non-hydrogen) atoms. The fourth-order valence-corrected chi connectivity index (χ4v) is 4.25. The molecule has 6 heteroatoms. The van der Waals surface area contributed by atoms with Crippen LogP contribution < -0.4 is 15.0 Å². The third-order valence-corrected chi connectivity index (χ3v) is 5.59. The van der Waals surface area contributed by atoms with Crippen molar-refractivity contribution in [1.82, 2.24) is 9.55 Å². The van der Waals surface area contributed by atoms with Gasteiger partial charge in [-0.3, -0.25) is 5.41 Å². The van der Waals surface area contributed by atoms with Gasteiger partial charge in [-0.1, -0.05) is 48.5 Å². The summed E-state index contributed by atoms with van der Waals surface area (Å²) >= 11 is 0. The number of nitrogens with one attached hydrogen (secondary N) is 1. The van der Waals surface area contributed by atoms with Crippen molar-refractivity contribution in [3.05, 3.63) is 89.2 Å². The van der Waals surface area contributed by atoms with Gasteiger partial charge < -0.3 is 19.1 Å². The summed E-state index contributed by atoms with van der Waals surface area (Å²) < 4.78 is 13.5. The van der Waals surface area contributed by atoms with Crippen molar-refractivity contribution in [1.29, 1.82) is 5.41 Å². The number of fused-ring (bicyclic) bond motifs is 4. The Morgan fingerprint density at radius 1 is 1.07 bits per heavy atom. The van der Waals surface area contributed by atoms with Gasteiger partial charge in [0, 0.05) is 17.7 Å². The third-order valence-electron chi connectivity index (χ3n) is 5.59. The Morgan fingerprint density at radius 2 is 1.87 bits per heavy atom. The second-order valence-electron chi connectivity index (χ2n) is 7.20. The number of aromatic nitrogens is 2. The normalized spacial score (nSPS) is 14.7. The summed E-state index contributed by atoms with van der Waals surface area (Å²) in [6.45, 7) is 0.219. The van der Waals surface area contributed by atoms with E-state index in [2.05, 4.69) is 17.1 Å².